The van der Waals surface area contributed by atoms with Crippen molar-refractivity contribution in [1.29, 1.82) is 0 Å². The molecular weight excluding hydrogens is 266 g/mol. The Morgan fingerprint density at radius 1 is 1.05 bits per heavy atom. The highest BCUT2D eigenvalue weighted by Gasteiger charge is 2.15. The second-order valence-electron chi connectivity index (χ2n) is 5.42. The quantitative estimate of drug-likeness (QED) is 0.821. The highest BCUT2D eigenvalue weighted by molar-refractivity contribution is 5.90. The number of nitrogens with zero attached hydrogens (tertiary/aromatic N) is 2. The van der Waals surface area contributed by atoms with Crippen LogP contribution < -0.4 is 5.32 Å². The molecule has 0 aliphatic carbocycles. The van der Waals surface area contributed by atoms with Gasteiger partial charge in [0.25, 0.3) is 0 Å². The summed E-state index contributed by atoms with van der Waals surface area (Å²) in [5, 5.41) is 11.9. The van der Waals surface area contributed by atoms with Gasteiger partial charge in [-0.2, -0.15) is 0 Å². The van der Waals surface area contributed by atoms with E-state index in [4.69, 9.17) is 5.11 Å². The van der Waals surface area contributed by atoms with Gasteiger partial charge in [0, 0.05) is 38.3 Å². The van der Waals surface area contributed by atoms with Crippen molar-refractivity contribution >= 4 is 11.6 Å². The summed E-state index contributed by atoms with van der Waals surface area (Å²) < 4.78 is 0. The molecule has 0 atom stereocenters. The van der Waals surface area contributed by atoms with Crippen LogP contribution >= 0.6 is 0 Å². The average molecular weight is 291 g/mol. The molecule has 0 spiro atoms. The van der Waals surface area contributed by atoms with Crippen molar-refractivity contribution < 1.29 is 9.90 Å². The van der Waals surface area contributed by atoms with Crippen LogP contribution in [0.5, 0.6) is 0 Å². The van der Waals surface area contributed by atoms with E-state index in [1.807, 2.05) is 30.3 Å². The summed E-state index contributed by atoms with van der Waals surface area (Å²) in [4.78, 5) is 16.5. The largest absolute Gasteiger partial charge is 0.395 e. The summed E-state index contributed by atoms with van der Waals surface area (Å²) in [6, 6.07) is 9.57. The number of carbonyl (C=O) groups excluding carboxylic acids is 1. The van der Waals surface area contributed by atoms with Crippen LogP contribution in [-0.2, 0) is 4.79 Å². The number of nitrogens with one attached hydrogen (secondary N) is 1. The number of anilines is 1. The summed E-state index contributed by atoms with van der Waals surface area (Å²) in [5.41, 5.74) is 0.854. The van der Waals surface area contributed by atoms with E-state index < -0.39 is 0 Å². The molecule has 0 radical (unpaired) electrons. The number of benzene rings is 1. The number of carbonyl (C=O) groups is 1. The van der Waals surface area contributed by atoms with Gasteiger partial charge in [-0.3, -0.25) is 9.69 Å². The molecule has 1 saturated heterocycles. The fourth-order valence-electron chi connectivity index (χ4n) is 2.62. The van der Waals surface area contributed by atoms with Crippen LogP contribution in [0, 0.1) is 0 Å². The van der Waals surface area contributed by atoms with Crippen molar-refractivity contribution in [3.05, 3.63) is 30.3 Å². The number of hydrogen-bond donors (Lipinski definition) is 2. The standard InChI is InChI=1S/C16H25N3O2/c20-14-13-19-9-4-8-18(11-12-19)10-7-16(21)17-15-5-2-1-3-6-15/h1-3,5-6,20H,4,7-14H2,(H,17,21). The minimum absolute atomic E-state index is 0.0673. The maximum atomic E-state index is 11.9. The molecule has 1 heterocycles. The highest BCUT2D eigenvalue weighted by atomic mass is 16.3. The first-order valence-corrected chi connectivity index (χ1v) is 7.68. The Bertz CT molecular complexity index is 425. The Balaban J connectivity index is 1.69. The summed E-state index contributed by atoms with van der Waals surface area (Å²) in [6.07, 6.45) is 1.62. The maximum absolute atomic E-state index is 11.9. The van der Waals surface area contributed by atoms with Crippen LogP contribution in [0.1, 0.15) is 12.8 Å². The molecule has 0 aromatic heterocycles. The van der Waals surface area contributed by atoms with E-state index in [2.05, 4.69) is 15.1 Å². The van der Waals surface area contributed by atoms with E-state index in [1.54, 1.807) is 0 Å². The number of hydrogen-bond acceptors (Lipinski definition) is 4. The Morgan fingerprint density at radius 2 is 1.71 bits per heavy atom. The van der Waals surface area contributed by atoms with E-state index in [9.17, 15) is 4.79 Å². The van der Waals surface area contributed by atoms with Crippen molar-refractivity contribution in [1.82, 2.24) is 9.80 Å². The number of aliphatic hydroxyl groups is 1. The zero-order chi connectivity index (χ0) is 14.9. The van der Waals surface area contributed by atoms with Crippen molar-refractivity contribution in [2.75, 3.05) is 51.2 Å². The third kappa shape index (κ3) is 5.83. The number of para-hydroxylation sites is 1. The van der Waals surface area contributed by atoms with Gasteiger partial charge in [-0.1, -0.05) is 18.2 Å². The van der Waals surface area contributed by atoms with Gasteiger partial charge < -0.3 is 15.3 Å². The molecular formula is C16H25N3O2. The van der Waals surface area contributed by atoms with Crippen molar-refractivity contribution in [3.63, 3.8) is 0 Å². The van der Waals surface area contributed by atoms with E-state index in [0.29, 0.717) is 6.42 Å². The summed E-state index contributed by atoms with van der Waals surface area (Å²) in [7, 11) is 0. The summed E-state index contributed by atoms with van der Waals surface area (Å²) >= 11 is 0. The highest BCUT2D eigenvalue weighted by Crippen LogP contribution is 2.07. The minimum atomic E-state index is 0.0673. The summed E-state index contributed by atoms with van der Waals surface area (Å²) in [6.45, 7) is 5.78. The lowest BCUT2D eigenvalue weighted by Crippen LogP contribution is -2.33. The van der Waals surface area contributed by atoms with Crippen LogP contribution in [0.4, 0.5) is 5.69 Å². The van der Waals surface area contributed by atoms with Gasteiger partial charge in [0.1, 0.15) is 0 Å². The SMILES string of the molecule is O=C(CCN1CCCN(CCO)CC1)Nc1ccccc1. The number of amides is 1. The summed E-state index contributed by atoms with van der Waals surface area (Å²) in [5.74, 6) is 0.0673. The van der Waals surface area contributed by atoms with Crippen LogP contribution in [0.15, 0.2) is 30.3 Å². The first kappa shape index (κ1) is 15.9. The minimum Gasteiger partial charge on any atom is -0.395 e. The molecule has 1 aliphatic rings. The first-order valence-electron chi connectivity index (χ1n) is 7.68. The Morgan fingerprint density at radius 3 is 2.38 bits per heavy atom. The van der Waals surface area contributed by atoms with E-state index in [0.717, 1.165) is 51.4 Å². The van der Waals surface area contributed by atoms with E-state index in [-0.39, 0.29) is 12.5 Å². The fraction of sp³-hybridized carbons (Fsp3) is 0.562. The Kier molecular flexibility index (Phi) is 6.66. The van der Waals surface area contributed by atoms with Gasteiger partial charge in [0.05, 0.1) is 6.61 Å². The third-order valence-electron chi connectivity index (χ3n) is 3.81. The van der Waals surface area contributed by atoms with E-state index >= 15 is 0 Å². The zero-order valence-electron chi connectivity index (χ0n) is 12.5. The molecule has 1 fully saturated rings. The van der Waals surface area contributed by atoms with Crippen LogP contribution in [0.2, 0.25) is 0 Å². The van der Waals surface area contributed by atoms with Gasteiger partial charge >= 0.3 is 0 Å². The number of rotatable bonds is 6. The smallest absolute Gasteiger partial charge is 0.225 e. The zero-order valence-corrected chi connectivity index (χ0v) is 12.5. The second-order valence-corrected chi connectivity index (χ2v) is 5.42. The molecule has 5 heteroatoms. The number of aliphatic hydroxyl groups excluding tert-OH is 1. The van der Waals surface area contributed by atoms with Crippen LogP contribution in [0.25, 0.3) is 0 Å². The van der Waals surface area contributed by atoms with Gasteiger partial charge in [0.2, 0.25) is 5.91 Å². The molecule has 116 valence electrons. The topological polar surface area (TPSA) is 55.8 Å². The van der Waals surface area contributed by atoms with Crippen LogP contribution in [-0.4, -0.2) is 66.7 Å². The predicted molar refractivity (Wildman–Crippen MR) is 84.3 cm³/mol. The lowest BCUT2D eigenvalue weighted by Gasteiger charge is -2.20. The maximum Gasteiger partial charge on any atom is 0.225 e. The van der Waals surface area contributed by atoms with Gasteiger partial charge in [-0.25, -0.2) is 0 Å². The number of β-amino-alcohol motifs (C(OH)–C–C–N with tert-alkyl or cyclic N) is 1. The van der Waals surface area contributed by atoms with Crippen LogP contribution in [0.3, 0.4) is 0 Å². The predicted octanol–water partition coefficient (Wildman–Crippen LogP) is 1.02. The van der Waals surface area contributed by atoms with Crippen molar-refractivity contribution in [3.8, 4) is 0 Å². The van der Waals surface area contributed by atoms with Gasteiger partial charge in [0.15, 0.2) is 0 Å². The normalized spacial score (nSPS) is 17.4. The van der Waals surface area contributed by atoms with Gasteiger partial charge in [-0.15, -0.1) is 0 Å². The molecule has 1 aromatic carbocycles. The Hall–Kier alpha value is -1.43. The molecule has 5 nitrogen and oxygen atoms in total. The molecule has 1 aliphatic heterocycles. The molecule has 0 saturated carbocycles. The lowest BCUT2D eigenvalue weighted by atomic mass is 10.3. The molecule has 1 amide bonds. The first-order chi connectivity index (χ1) is 10.3. The van der Waals surface area contributed by atoms with Gasteiger partial charge in [-0.05, 0) is 31.6 Å². The molecule has 0 unspecified atom stereocenters. The molecule has 2 N–H and O–H groups in total. The van der Waals surface area contributed by atoms with Crippen molar-refractivity contribution in [2.24, 2.45) is 0 Å². The van der Waals surface area contributed by atoms with Crippen molar-refractivity contribution in [2.45, 2.75) is 12.8 Å². The third-order valence-corrected chi connectivity index (χ3v) is 3.81. The fourth-order valence-corrected chi connectivity index (χ4v) is 2.62. The molecule has 0 bridgehead atoms. The average Bonchev–Trinajstić information content (AvgIpc) is 2.72. The Labute approximate surface area is 126 Å². The molecule has 21 heavy (non-hydrogen) atoms. The molecule has 1 aromatic rings. The second kappa shape index (κ2) is 8.77. The van der Waals surface area contributed by atoms with E-state index in [1.165, 1.54) is 0 Å². The molecule has 2 rings (SSSR count). The lowest BCUT2D eigenvalue weighted by molar-refractivity contribution is -0.116. The monoisotopic (exact) mass is 291 g/mol.